The SMILES string of the molecule is CCCCCCCCO[CH]c1ccccc1. The normalized spacial score (nSPS) is 10.6. The second-order valence-electron chi connectivity index (χ2n) is 4.17. The van der Waals surface area contributed by atoms with Gasteiger partial charge in [-0.2, -0.15) is 0 Å². The zero-order valence-electron chi connectivity index (χ0n) is 10.3. The average molecular weight is 219 g/mol. The van der Waals surface area contributed by atoms with Gasteiger partial charge in [0, 0.05) is 6.61 Å². The van der Waals surface area contributed by atoms with Crippen molar-refractivity contribution in [3.05, 3.63) is 42.5 Å². The summed E-state index contributed by atoms with van der Waals surface area (Å²) < 4.78 is 5.50. The molecule has 0 atom stereocenters. The zero-order chi connectivity index (χ0) is 11.5. The first kappa shape index (κ1) is 13.2. The van der Waals surface area contributed by atoms with Crippen molar-refractivity contribution >= 4 is 0 Å². The monoisotopic (exact) mass is 219 g/mol. The number of rotatable bonds is 9. The summed E-state index contributed by atoms with van der Waals surface area (Å²) in [5.74, 6) is 0. The lowest BCUT2D eigenvalue weighted by Crippen LogP contribution is -1.93. The molecule has 0 unspecified atom stereocenters. The van der Waals surface area contributed by atoms with Crippen LogP contribution in [0.25, 0.3) is 0 Å². The van der Waals surface area contributed by atoms with Crippen molar-refractivity contribution in [3.63, 3.8) is 0 Å². The minimum Gasteiger partial charge on any atom is -0.370 e. The van der Waals surface area contributed by atoms with E-state index in [1.807, 2.05) is 24.8 Å². The second kappa shape index (κ2) is 9.41. The summed E-state index contributed by atoms with van der Waals surface area (Å²) in [5, 5.41) is 0. The Labute approximate surface area is 99.8 Å². The van der Waals surface area contributed by atoms with Crippen LogP contribution in [-0.2, 0) is 4.74 Å². The number of hydrogen-bond acceptors (Lipinski definition) is 1. The molecule has 0 aliphatic carbocycles. The molecule has 16 heavy (non-hydrogen) atoms. The van der Waals surface area contributed by atoms with Gasteiger partial charge >= 0.3 is 0 Å². The van der Waals surface area contributed by atoms with E-state index >= 15 is 0 Å². The molecule has 0 N–H and O–H groups in total. The molecular formula is C15H23O. The van der Waals surface area contributed by atoms with Crippen molar-refractivity contribution in [3.8, 4) is 0 Å². The molecule has 0 saturated heterocycles. The first-order valence-electron chi connectivity index (χ1n) is 6.43. The van der Waals surface area contributed by atoms with Crippen LogP contribution >= 0.6 is 0 Å². The van der Waals surface area contributed by atoms with Crippen molar-refractivity contribution < 1.29 is 4.74 Å². The first-order chi connectivity index (χ1) is 7.93. The highest BCUT2D eigenvalue weighted by atomic mass is 16.5. The van der Waals surface area contributed by atoms with Gasteiger partial charge in [-0.15, -0.1) is 0 Å². The van der Waals surface area contributed by atoms with Gasteiger partial charge in [-0.25, -0.2) is 0 Å². The predicted molar refractivity (Wildman–Crippen MR) is 69.2 cm³/mol. The van der Waals surface area contributed by atoms with Crippen LogP contribution in [0.1, 0.15) is 51.0 Å². The Kier molecular flexibility index (Phi) is 7.79. The Morgan fingerprint density at radius 3 is 2.38 bits per heavy atom. The van der Waals surface area contributed by atoms with E-state index < -0.39 is 0 Å². The molecule has 0 heterocycles. The molecule has 89 valence electrons. The molecule has 1 rings (SSSR count). The summed E-state index contributed by atoms with van der Waals surface area (Å²) in [6, 6.07) is 10.2. The molecule has 0 bridgehead atoms. The Morgan fingerprint density at radius 2 is 1.62 bits per heavy atom. The van der Waals surface area contributed by atoms with Crippen molar-refractivity contribution in [2.75, 3.05) is 6.61 Å². The number of unbranched alkanes of at least 4 members (excludes halogenated alkanes) is 5. The molecular weight excluding hydrogens is 196 g/mol. The van der Waals surface area contributed by atoms with Gasteiger partial charge < -0.3 is 4.74 Å². The summed E-state index contributed by atoms with van der Waals surface area (Å²) in [5.41, 5.74) is 1.15. The highest BCUT2D eigenvalue weighted by molar-refractivity contribution is 5.19. The van der Waals surface area contributed by atoms with Crippen LogP contribution < -0.4 is 0 Å². The molecule has 0 saturated carbocycles. The molecule has 1 aromatic carbocycles. The van der Waals surface area contributed by atoms with Crippen LogP contribution in [0.5, 0.6) is 0 Å². The van der Waals surface area contributed by atoms with Gasteiger partial charge in [-0.05, 0) is 12.0 Å². The number of hydrogen-bond donors (Lipinski definition) is 0. The third kappa shape index (κ3) is 6.62. The summed E-state index contributed by atoms with van der Waals surface area (Å²) in [4.78, 5) is 0. The van der Waals surface area contributed by atoms with Gasteiger partial charge in [0.2, 0.25) is 0 Å². The van der Waals surface area contributed by atoms with Crippen molar-refractivity contribution in [2.24, 2.45) is 0 Å². The lowest BCUT2D eigenvalue weighted by atomic mass is 10.1. The molecule has 0 spiro atoms. The van der Waals surface area contributed by atoms with Crippen LogP contribution in [0, 0.1) is 6.61 Å². The van der Waals surface area contributed by atoms with Gasteiger partial charge in [-0.1, -0.05) is 69.4 Å². The van der Waals surface area contributed by atoms with Crippen LogP contribution in [0.15, 0.2) is 30.3 Å². The molecule has 0 fully saturated rings. The third-order valence-corrected chi connectivity index (χ3v) is 2.63. The molecule has 1 aromatic rings. The first-order valence-corrected chi connectivity index (χ1v) is 6.43. The maximum atomic E-state index is 5.50. The highest BCUT2D eigenvalue weighted by Crippen LogP contribution is 2.07. The van der Waals surface area contributed by atoms with E-state index in [-0.39, 0.29) is 0 Å². The Balaban J connectivity index is 1.89. The Morgan fingerprint density at radius 1 is 0.938 bits per heavy atom. The van der Waals surface area contributed by atoms with Gasteiger partial charge in [0.25, 0.3) is 0 Å². The summed E-state index contributed by atoms with van der Waals surface area (Å²) in [6.45, 7) is 4.95. The summed E-state index contributed by atoms with van der Waals surface area (Å²) >= 11 is 0. The van der Waals surface area contributed by atoms with Gasteiger partial charge in [0.1, 0.15) is 6.61 Å². The van der Waals surface area contributed by atoms with Gasteiger partial charge in [0.05, 0.1) is 0 Å². The smallest absolute Gasteiger partial charge is 0.113 e. The number of ether oxygens (including phenoxy) is 1. The zero-order valence-corrected chi connectivity index (χ0v) is 10.3. The molecule has 1 nitrogen and oxygen atoms in total. The van der Waals surface area contributed by atoms with Crippen molar-refractivity contribution in [2.45, 2.75) is 45.4 Å². The van der Waals surface area contributed by atoms with E-state index in [0.717, 1.165) is 12.2 Å². The van der Waals surface area contributed by atoms with Crippen LogP contribution in [0.3, 0.4) is 0 Å². The summed E-state index contributed by atoms with van der Waals surface area (Å²) in [7, 11) is 0. The Bertz CT molecular complexity index is 243. The fourth-order valence-electron chi connectivity index (χ4n) is 1.65. The topological polar surface area (TPSA) is 9.23 Å². The molecule has 0 aliphatic rings. The van der Waals surface area contributed by atoms with E-state index in [2.05, 4.69) is 19.1 Å². The molecule has 0 amide bonds. The maximum Gasteiger partial charge on any atom is 0.113 e. The maximum absolute atomic E-state index is 5.50. The standard InChI is InChI=1S/C15H23O/c1-2-3-4-5-6-10-13-16-14-15-11-8-7-9-12-15/h7-9,11-12,14H,2-6,10,13H2,1H3. The fraction of sp³-hybridized carbons (Fsp3) is 0.533. The highest BCUT2D eigenvalue weighted by Gasteiger charge is 1.93. The summed E-state index contributed by atoms with van der Waals surface area (Å²) in [6.07, 6.45) is 7.88. The van der Waals surface area contributed by atoms with Crippen molar-refractivity contribution in [1.29, 1.82) is 0 Å². The molecule has 1 heteroatoms. The largest absolute Gasteiger partial charge is 0.370 e. The van der Waals surface area contributed by atoms with Gasteiger partial charge in [0.15, 0.2) is 0 Å². The van der Waals surface area contributed by atoms with E-state index in [1.165, 1.54) is 38.5 Å². The predicted octanol–water partition coefficient (Wildman–Crippen LogP) is 4.57. The minimum atomic E-state index is 0.848. The Hall–Kier alpha value is -0.820. The van der Waals surface area contributed by atoms with E-state index in [9.17, 15) is 0 Å². The van der Waals surface area contributed by atoms with E-state index in [1.54, 1.807) is 0 Å². The molecule has 1 radical (unpaired) electrons. The van der Waals surface area contributed by atoms with Crippen LogP contribution in [0.4, 0.5) is 0 Å². The average Bonchev–Trinajstić information content (AvgIpc) is 2.34. The van der Waals surface area contributed by atoms with Crippen molar-refractivity contribution in [1.82, 2.24) is 0 Å². The third-order valence-electron chi connectivity index (χ3n) is 2.63. The number of benzene rings is 1. The van der Waals surface area contributed by atoms with E-state index in [4.69, 9.17) is 4.74 Å². The molecule has 0 aromatic heterocycles. The van der Waals surface area contributed by atoms with Crippen LogP contribution in [0.2, 0.25) is 0 Å². The minimum absolute atomic E-state index is 0.848. The van der Waals surface area contributed by atoms with Gasteiger partial charge in [-0.3, -0.25) is 0 Å². The van der Waals surface area contributed by atoms with E-state index in [0.29, 0.717) is 0 Å². The molecule has 0 aliphatic heterocycles. The lowest BCUT2D eigenvalue weighted by molar-refractivity contribution is 0.205. The quantitative estimate of drug-likeness (QED) is 0.553. The lowest BCUT2D eigenvalue weighted by Gasteiger charge is -2.03. The fourth-order valence-corrected chi connectivity index (χ4v) is 1.65. The van der Waals surface area contributed by atoms with Crippen LogP contribution in [-0.4, -0.2) is 6.61 Å². The second-order valence-corrected chi connectivity index (χ2v) is 4.17.